The number of thioether (sulfide) groups is 1. The normalized spacial score (nSPS) is 10.7. The Morgan fingerprint density at radius 1 is 1.53 bits per heavy atom. The highest BCUT2D eigenvalue weighted by atomic mass is 32.2. The van der Waals surface area contributed by atoms with Crippen LogP contribution in [0.1, 0.15) is 0 Å². The van der Waals surface area contributed by atoms with Gasteiger partial charge in [0.2, 0.25) is 0 Å². The lowest BCUT2D eigenvalue weighted by molar-refractivity contribution is 0.251. The second-order valence-electron chi connectivity index (χ2n) is 2.72. The second-order valence-corrected chi connectivity index (χ2v) is 3.49. The summed E-state index contributed by atoms with van der Waals surface area (Å²) in [5, 5.41) is 0.475. The van der Waals surface area contributed by atoms with Gasteiger partial charge in [0.05, 0.1) is 0 Å². The van der Waals surface area contributed by atoms with Crippen LogP contribution in [0.15, 0.2) is 11.5 Å². The maximum atomic E-state index is 11.0. The fraction of sp³-hybridized carbons (Fsp3) is 0.143. The molecule has 2 aromatic heterocycles. The Morgan fingerprint density at radius 2 is 2.27 bits per heavy atom. The minimum atomic E-state index is -0.650. The third kappa shape index (κ3) is 1.48. The van der Waals surface area contributed by atoms with Crippen LogP contribution >= 0.6 is 11.8 Å². The first kappa shape index (κ1) is 9.71. The Balaban J connectivity index is 2.78. The van der Waals surface area contributed by atoms with Crippen molar-refractivity contribution in [3.63, 3.8) is 0 Å². The fourth-order valence-corrected chi connectivity index (χ4v) is 1.52. The zero-order chi connectivity index (χ0) is 11.0. The lowest BCUT2D eigenvalue weighted by Gasteiger charge is -2.00. The molecule has 0 saturated carbocycles. The van der Waals surface area contributed by atoms with Crippen LogP contribution in [0.4, 0.5) is 10.6 Å². The first-order valence-electron chi connectivity index (χ1n) is 3.98. The van der Waals surface area contributed by atoms with Crippen molar-refractivity contribution in [1.82, 2.24) is 19.5 Å². The molecule has 0 aliphatic rings. The molecule has 2 aromatic rings. The number of nitrogens with zero attached hydrogens (tertiary/aromatic N) is 4. The number of nitrogen functional groups attached to an aromatic ring is 1. The van der Waals surface area contributed by atoms with E-state index >= 15 is 0 Å². The number of fused-ring (bicyclic) bond motifs is 1. The number of amides is 1. The number of carbonyl (C=O) groups is 1. The average Bonchev–Trinajstić information content (AvgIpc) is 2.61. The Labute approximate surface area is 88.9 Å². The van der Waals surface area contributed by atoms with E-state index in [4.69, 9.17) is 11.5 Å². The molecule has 15 heavy (non-hydrogen) atoms. The van der Waals surface area contributed by atoms with Crippen molar-refractivity contribution in [1.29, 1.82) is 0 Å². The van der Waals surface area contributed by atoms with Crippen LogP contribution in [0, 0.1) is 0 Å². The summed E-state index contributed by atoms with van der Waals surface area (Å²) in [5.41, 5.74) is 11.5. The molecule has 1 amide bonds. The third-order valence-corrected chi connectivity index (χ3v) is 2.37. The van der Waals surface area contributed by atoms with E-state index in [1.165, 1.54) is 18.1 Å². The van der Waals surface area contributed by atoms with E-state index < -0.39 is 6.03 Å². The lowest BCUT2D eigenvalue weighted by atomic mass is 10.5. The summed E-state index contributed by atoms with van der Waals surface area (Å²) in [5.74, 6) is 0.240. The van der Waals surface area contributed by atoms with Gasteiger partial charge in [-0.05, 0) is 6.26 Å². The number of anilines is 1. The van der Waals surface area contributed by atoms with Gasteiger partial charge in [-0.25, -0.2) is 24.3 Å². The van der Waals surface area contributed by atoms with Gasteiger partial charge in [0.15, 0.2) is 22.1 Å². The largest absolute Gasteiger partial charge is 0.382 e. The van der Waals surface area contributed by atoms with Crippen LogP contribution < -0.4 is 11.5 Å². The standard InChI is InChI=1S/C7H8N6OS/c1-15-7-11-4(8)3-5(12-7)13(2-10-3)6(9)14/h2H,1H3,(H2,9,14)(H2,8,11,12). The molecule has 0 aliphatic heterocycles. The number of carbonyl (C=O) groups excluding carboxylic acids is 1. The topological polar surface area (TPSA) is 113 Å². The number of hydrogen-bond acceptors (Lipinski definition) is 6. The monoisotopic (exact) mass is 224 g/mol. The van der Waals surface area contributed by atoms with E-state index in [9.17, 15) is 4.79 Å². The summed E-state index contributed by atoms with van der Waals surface area (Å²) in [4.78, 5) is 23.0. The maximum absolute atomic E-state index is 11.0. The van der Waals surface area contributed by atoms with Gasteiger partial charge < -0.3 is 11.5 Å². The zero-order valence-electron chi connectivity index (χ0n) is 7.84. The number of aromatic nitrogens is 4. The molecule has 4 N–H and O–H groups in total. The third-order valence-electron chi connectivity index (χ3n) is 1.82. The minimum absolute atomic E-state index is 0.240. The van der Waals surface area contributed by atoms with Gasteiger partial charge in [0.1, 0.15) is 6.33 Å². The average molecular weight is 224 g/mol. The molecule has 2 rings (SSSR count). The van der Waals surface area contributed by atoms with Crippen molar-refractivity contribution in [3.8, 4) is 0 Å². The van der Waals surface area contributed by atoms with E-state index in [1.807, 2.05) is 6.26 Å². The number of primary amides is 1. The molecular weight excluding hydrogens is 216 g/mol. The highest BCUT2D eigenvalue weighted by molar-refractivity contribution is 7.98. The van der Waals surface area contributed by atoms with E-state index in [0.717, 1.165) is 4.57 Å². The number of hydrogen-bond donors (Lipinski definition) is 2. The first-order chi connectivity index (χ1) is 7.13. The van der Waals surface area contributed by atoms with Crippen LogP contribution in [-0.2, 0) is 0 Å². The molecule has 8 heteroatoms. The molecule has 7 nitrogen and oxygen atoms in total. The molecular formula is C7H8N6OS. The molecule has 0 atom stereocenters. The van der Waals surface area contributed by atoms with E-state index in [1.54, 1.807) is 0 Å². The predicted molar refractivity (Wildman–Crippen MR) is 56.5 cm³/mol. The maximum Gasteiger partial charge on any atom is 0.325 e. The number of imidazole rings is 1. The van der Waals surface area contributed by atoms with Gasteiger partial charge in [-0.3, -0.25) is 0 Å². The van der Waals surface area contributed by atoms with Crippen molar-refractivity contribution in [3.05, 3.63) is 6.33 Å². The molecule has 0 radical (unpaired) electrons. The van der Waals surface area contributed by atoms with E-state index in [-0.39, 0.29) is 5.82 Å². The molecule has 0 spiro atoms. The van der Waals surface area contributed by atoms with Crippen LogP contribution in [0.2, 0.25) is 0 Å². The SMILES string of the molecule is CSc1nc(N)c2ncn(C(N)=O)c2n1. The molecule has 0 unspecified atom stereocenters. The van der Waals surface area contributed by atoms with Crippen LogP contribution in [-0.4, -0.2) is 31.8 Å². The summed E-state index contributed by atoms with van der Waals surface area (Å²) in [6.45, 7) is 0. The fourth-order valence-electron chi connectivity index (χ4n) is 1.15. The van der Waals surface area contributed by atoms with Gasteiger partial charge in [0, 0.05) is 0 Å². The van der Waals surface area contributed by atoms with Crippen molar-refractivity contribution < 1.29 is 4.79 Å². The van der Waals surface area contributed by atoms with Gasteiger partial charge in [-0.2, -0.15) is 0 Å². The zero-order valence-corrected chi connectivity index (χ0v) is 8.65. The Morgan fingerprint density at radius 3 is 2.87 bits per heavy atom. The van der Waals surface area contributed by atoms with Crippen molar-refractivity contribution in [2.24, 2.45) is 5.73 Å². The summed E-state index contributed by atoms with van der Waals surface area (Å²) in [7, 11) is 0. The number of rotatable bonds is 1. The first-order valence-corrected chi connectivity index (χ1v) is 5.20. The molecule has 2 heterocycles. The molecule has 0 aliphatic carbocycles. The predicted octanol–water partition coefficient (Wildman–Crippen LogP) is 0.0572. The Kier molecular flexibility index (Phi) is 2.19. The molecule has 0 bridgehead atoms. The van der Waals surface area contributed by atoms with Crippen molar-refractivity contribution in [2.75, 3.05) is 12.0 Å². The van der Waals surface area contributed by atoms with Gasteiger partial charge in [-0.1, -0.05) is 11.8 Å². The highest BCUT2D eigenvalue weighted by Gasteiger charge is 2.12. The van der Waals surface area contributed by atoms with Crippen LogP contribution in [0.25, 0.3) is 11.2 Å². The van der Waals surface area contributed by atoms with E-state index in [0.29, 0.717) is 16.3 Å². The smallest absolute Gasteiger partial charge is 0.325 e. The summed E-state index contributed by atoms with van der Waals surface area (Å²) in [6, 6.07) is -0.650. The van der Waals surface area contributed by atoms with Gasteiger partial charge in [0.25, 0.3) is 0 Å². The quantitative estimate of drug-likeness (QED) is 0.523. The van der Waals surface area contributed by atoms with Crippen molar-refractivity contribution in [2.45, 2.75) is 5.16 Å². The van der Waals surface area contributed by atoms with Crippen molar-refractivity contribution >= 4 is 34.8 Å². The number of nitrogens with two attached hydrogens (primary N) is 2. The molecule has 0 fully saturated rings. The highest BCUT2D eigenvalue weighted by Crippen LogP contribution is 2.19. The summed E-state index contributed by atoms with van der Waals surface area (Å²) < 4.78 is 1.13. The molecule has 78 valence electrons. The second kappa shape index (κ2) is 3.39. The van der Waals surface area contributed by atoms with Gasteiger partial charge in [-0.15, -0.1) is 0 Å². The Bertz CT molecular complexity index is 536. The van der Waals surface area contributed by atoms with Crippen LogP contribution in [0.5, 0.6) is 0 Å². The minimum Gasteiger partial charge on any atom is -0.382 e. The van der Waals surface area contributed by atoms with Crippen LogP contribution in [0.3, 0.4) is 0 Å². The molecule has 0 saturated heterocycles. The van der Waals surface area contributed by atoms with Gasteiger partial charge >= 0.3 is 6.03 Å². The van der Waals surface area contributed by atoms with E-state index in [2.05, 4.69) is 15.0 Å². The Hall–Kier alpha value is -1.83. The lowest BCUT2D eigenvalue weighted by Crippen LogP contribution is -2.19. The summed E-state index contributed by atoms with van der Waals surface area (Å²) in [6.07, 6.45) is 3.09. The summed E-state index contributed by atoms with van der Waals surface area (Å²) >= 11 is 1.33. The molecule has 0 aromatic carbocycles.